The second kappa shape index (κ2) is 4.75. The highest BCUT2D eigenvalue weighted by atomic mass is 32.2. The first-order chi connectivity index (χ1) is 7.25. The molecule has 1 aromatic heterocycles. The van der Waals surface area contributed by atoms with Gasteiger partial charge in [0.05, 0.1) is 11.4 Å². The maximum Gasteiger partial charge on any atom is 0.126 e. The fourth-order valence-electron chi connectivity index (χ4n) is 1.69. The third-order valence-corrected chi connectivity index (χ3v) is 4.06. The van der Waals surface area contributed by atoms with E-state index < -0.39 is 0 Å². The Morgan fingerprint density at radius 3 is 3.13 bits per heavy atom. The normalized spacial score (nSPS) is 20.5. The van der Waals surface area contributed by atoms with Gasteiger partial charge in [0.1, 0.15) is 5.82 Å². The van der Waals surface area contributed by atoms with E-state index in [4.69, 9.17) is 5.73 Å². The summed E-state index contributed by atoms with van der Waals surface area (Å²) in [7, 11) is 0. The first-order valence-corrected chi connectivity index (χ1v) is 6.39. The van der Waals surface area contributed by atoms with Crippen LogP contribution in [0.15, 0.2) is 12.1 Å². The number of pyridine rings is 1. The van der Waals surface area contributed by atoms with E-state index in [1.165, 1.54) is 18.6 Å². The van der Waals surface area contributed by atoms with E-state index in [9.17, 15) is 0 Å². The van der Waals surface area contributed by atoms with Crippen molar-refractivity contribution < 1.29 is 0 Å². The zero-order valence-corrected chi connectivity index (χ0v) is 9.81. The number of nitrogens with two attached hydrogens (primary N) is 1. The first kappa shape index (κ1) is 10.6. The fourth-order valence-corrected chi connectivity index (χ4v) is 2.90. The molecule has 15 heavy (non-hydrogen) atoms. The number of hydrogen-bond acceptors (Lipinski definition) is 4. The number of nitrogens with one attached hydrogen (secondary N) is 1. The summed E-state index contributed by atoms with van der Waals surface area (Å²) in [6.45, 7) is 2.95. The van der Waals surface area contributed by atoms with Crippen LogP contribution in [0.5, 0.6) is 0 Å². The van der Waals surface area contributed by atoms with Gasteiger partial charge >= 0.3 is 0 Å². The predicted molar refractivity (Wildman–Crippen MR) is 67.4 cm³/mol. The summed E-state index contributed by atoms with van der Waals surface area (Å²) < 4.78 is 0. The minimum atomic E-state index is 0.754. The second-order valence-corrected chi connectivity index (χ2v) is 5.30. The monoisotopic (exact) mass is 223 g/mol. The van der Waals surface area contributed by atoms with Crippen molar-refractivity contribution in [2.75, 3.05) is 23.3 Å². The summed E-state index contributed by atoms with van der Waals surface area (Å²) in [6, 6.07) is 3.86. The molecule has 1 aromatic rings. The van der Waals surface area contributed by atoms with Crippen LogP contribution in [-0.4, -0.2) is 22.5 Å². The number of aromatic nitrogens is 1. The van der Waals surface area contributed by atoms with Crippen molar-refractivity contribution in [2.24, 2.45) is 0 Å². The number of nitrogen functional groups attached to an aromatic ring is 1. The van der Waals surface area contributed by atoms with Gasteiger partial charge in [0.2, 0.25) is 0 Å². The average molecular weight is 223 g/mol. The van der Waals surface area contributed by atoms with E-state index in [0.29, 0.717) is 0 Å². The fraction of sp³-hybridized carbons (Fsp3) is 0.545. The first-order valence-electron chi connectivity index (χ1n) is 5.34. The van der Waals surface area contributed by atoms with E-state index in [-0.39, 0.29) is 0 Å². The van der Waals surface area contributed by atoms with Crippen LogP contribution in [0.25, 0.3) is 0 Å². The Hall–Kier alpha value is -0.900. The van der Waals surface area contributed by atoms with Gasteiger partial charge in [-0.2, -0.15) is 11.8 Å². The molecule has 0 amide bonds. The van der Waals surface area contributed by atoms with E-state index in [1.807, 2.05) is 19.1 Å². The summed E-state index contributed by atoms with van der Waals surface area (Å²) in [5, 5.41) is 4.12. The molecule has 1 fully saturated rings. The molecule has 1 aliphatic heterocycles. The quantitative estimate of drug-likeness (QED) is 0.825. The average Bonchev–Trinajstić information content (AvgIpc) is 2.73. The molecule has 82 valence electrons. The molecule has 1 aliphatic rings. The molecule has 0 saturated carbocycles. The Labute approximate surface area is 94.8 Å². The summed E-state index contributed by atoms with van der Waals surface area (Å²) in [5.41, 5.74) is 7.37. The molecule has 3 nitrogen and oxygen atoms in total. The lowest BCUT2D eigenvalue weighted by molar-refractivity contribution is 0.803. The molecule has 3 N–H and O–H groups in total. The van der Waals surface area contributed by atoms with E-state index >= 15 is 0 Å². The van der Waals surface area contributed by atoms with Gasteiger partial charge in [0, 0.05) is 11.8 Å². The maximum atomic E-state index is 5.71. The number of anilines is 2. The highest BCUT2D eigenvalue weighted by molar-refractivity contribution is 8.00. The summed E-state index contributed by atoms with van der Waals surface area (Å²) in [6.07, 6.45) is 2.68. The Morgan fingerprint density at radius 1 is 1.60 bits per heavy atom. The van der Waals surface area contributed by atoms with Gasteiger partial charge in [-0.25, -0.2) is 4.98 Å². The van der Waals surface area contributed by atoms with Gasteiger partial charge in [-0.3, -0.25) is 0 Å². The smallest absolute Gasteiger partial charge is 0.126 e. The molecule has 0 radical (unpaired) electrons. The van der Waals surface area contributed by atoms with Crippen LogP contribution < -0.4 is 11.1 Å². The van der Waals surface area contributed by atoms with Crippen LogP contribution in [-0.2, 0) is 0 Å². The number of thioether (sulfide) groups is 1. The molecule has 1 saturated heterocycles. The van der Waals surface area contributed by atoms with Crippen molar-refractivity contribution in [1.82, 2.24) is 4.98 Å². The van der Waals surface area contributed by atoms with Crippen LogP contribution in [0.3, 0.4) is 0 Å². The van der Waals surface area contributed by atoms with Crippen LogP contribution in [0.4, 0.5) is 11.5 Å². The highest BCUT2D eigenvalue weighted by Gasteiger charge is 2.14. The molecule has 2 rings (SSSR count). The van der Waals surface area contributed by atoms with E-state index in [0.717, 1.165) is 29.0 Å². The topological polar surface area (TPSA) is 50.9 Å². The lowest BCUT2D eigenvalue weighted by Gasteiger charge is -2.11. The lowest BCUT2D eigenvalue weighted by Crippen LogP contribution is -2.14. The molecule has 4 heteroatoms. The van der Waals surface area contributed by atoms with Crippen LogP contribution in [0.2, 0.25) is 0 Å². The minimum absolute atomic E-state index is 0.754. The molecular formula is C11H17N3S. The molecule has 0 aromatic carbocycles. The Morgan fingerprint density at radius 2 is 2.47 bits per heavy atom. The molecule has 1 unspecified atom stereocenters. The van der Waals surface area contributed by atoms with Crippen molar-refractivity contribution in [3.05, 3.63) is 17.8 Å². The largest absolute Gasteiger partial charge is 0.397 e. The standard InChI is InChI=1S/C11H17N3S/c1-8-10(12)4-5-11(14-8)13-7-9-3-2-6-15-9/h4-5,9H,2-3,6-7,12H2,1H3,(H,13,14). The number of hydrogen-bond donors (Lipinski definition) is 2. The zero-order valence-electron chi connectivity index (χ0n) is 8.99. The number of nitrogens with zero attached hydrogens (tertiary/aromatic N) is 1. The Kier molecular flexibility index (Phi) is 3.36. The third-order valence-electron chi connectivity index (χ3n) is 2.66. The Balaban J connectivity index is 1.90. The van der Waals surface area contributed by atoms with Gasteiger partial charge in [0.15, 0.2) is 0 Å². The van der Waals surface area contributed by atoms with Crippen molar-refractivity contribution in [1.29, 1.82) is 0 Å². The van der Waals surface area contributed by atoms with Gasteiger partial charge < -0.3 is 11.1 Å². The van der Waals surface area contributed by atoms with E-state index in [2.05, 4.69) is 22.1 Å². The molecular weight excluding hydrogens is 206 g/mol. The maximum absolute atomic E-state index is 5.71. The Bertz CT molecular complexity index is 335. The molecule has 0 aliphatic carbocycles. The summed E-state index contributed by atoms with van der Waals surface area (Å²) >= 11 is 2.05. The number of rotatable bonds is 3. The van der Waals surface area contributed by atoms with Crippen molar-refractivity contribution in [3.63, 3.8) is 0 Å². The van der Waals surface area contributed by atoms with Crippen LogP contribution in [0, 0.1) is 6.92 Å². The second-order valence-electron chi connectivity index (χ2n) is 3.89. The lowest BCUT2D eigenvalue weighted by atomic mass is 10.2. The SMILES string of the molecule is Cc1nc(NCC2CCCS2)ccc1N. The van der Waals surface area contributed by atoms with Crippen molar-refractivity contribution in [3.8, 4) is 0 Å². The van der Waals surface area contributed by atoms with Gasteiger partial charge in [0.25, 0.3) is 0 Å². The molecule has 0 bridgehead atoms. The molecule has 1 atom stereocenters. The van der Waals surface area contributed by atoms with Gasteiger partial charge in [-0.1, -0.05) is 0 Å². The summed E-state index contributed by atoms with van der Waals surface area (Å²) in [5.74, 6) is 2.25. The van der Waals surface area contributed by atoms with Crippen LogP contribution in [0.1, 0.15) is 18.5 Å². The van der Waals surface area contributed by atoms with Gasteiger partial charge in [-0.15, -0.1) is 0 Å². The van der Waals surface area contributed by atoms with Crippen molar-refractivity contribution >= 4 is 23.3 Å². The van der Waals surface area contributed by atoms with Crippen LogP contribution >= 0.6 is 11.8 Å². The zero-order chi connectivity index (χ0) is 10.7. The van der Waals surface area contributed by atoms with E-state index in [1.54, 1.807) is 0 Å². The molecule has 0 spiro atoms. The summed E-state index contributed by atoms with van der Waals surface area (Å²) in [4.78, 5) is 4.39. The van der Waals surface area contributed by atoms with Crippen molar-refractivity contribution in [2.45, 2.75) is 25.0 Å². The molecule has 2 heterocycles. The predicted octanol–water partition coefficient (Wildman–Crippen LogP) is 2.28. The van der Waals surface area contributed by atoms with Gasteiger partial charge in [-0.05, 0) is 37.7 Å². The highest BCUT2D eigenvalue weighted by Crippen LogP contribution is 2.26. The third kappa shape index (κ3) is 2.78. The minimum Gasteiger partial charge on any atom is -0.397 e. The number of aryl methyl sites for hydroxylation is 1.